The average Bonchev–Trinajstić information content (AvgIpc) is 2.83. The van der Waals surface area contributed by atoms with E-state index >= 15 is 0 Å². The summed E-state index contributed by atoms with van der Waals surface area (Å²) < 4.78 is 33.9. The van der Waals surface area contributed by atoms with E-state index in [0.717, 1.165) is 4.70 Å². The van der Waals surface area contributed by atoms with Gasteiger partial charge in [-0.25, -0.2) is 13.1 Å². The van der Waals surface area contributed by atoms with E-state index in [-0.39, 0.29) is 17.5 Å². The molecule has 0 bridgehead atoms. The first kappa shape index (κ1) is 16.4. The molecule has 2 N–H and O–H groups in total. The molecule has 21 heavy (non-hydrogen) atoms. The van der Waals surface area contributed by atoms with Crippen molar-refractivity contribution < 1.29 is 18.3 Å². The Labute approximate surface area is 128 Å². The van der Waals surface area contributed by atoms with Gasteiger partial charge in [-0.05, 0) is 19.9 Å². The number of aliphatic hydroxyl groups is 1. The van der Waals surface area contributed by atoms with Crippen LogP contribution in [-0.4, -0.2) is 32.8 Å². The molecule has 0 aliphatic heterocycles. The third-order valence-electron chi connectivity index (χ3n) is 2.96. The second-order valence-corrected chi connectivity index (χ2v) is 7.48. The minimum absolute atomic E-state index is 0.175. The van der Waals surface area contributed by atoms with Crippen molar-refractivity contribution in [3.05, 3.63) is 29.1 Å². The number of fused-ring (bicyclic) bond motifs is 1. The Bertz CT molecular complexity index is 709. The minimum Gasteiger partial charge on any atom is -0.391 e. The van der Waals surface area contributed by atoms with Crippen LogP contribution in [0, 0.1) is 0 Å². The van der Waals surface area contributed by atoms with E-state index in [2.05, 4.69) is 4.72 Å². The summed E-state index contributed by atoms with van der Waals surface area (Å²) in [6.07, 6.45) is 0. The molecule has 1 aromatic carbocycles. The summed E-state index contributed by atoms with van der Waals surface area (Å²) in [5.41, 5.74) is 0. The van der Waals surface area contributed by atoms with Crippen molar-refractivity contribution >= 4 is 31.4 Å². The third-order valence-corrected chi connectivity index (χ3v) is 5.96. The van der Waals surface area contributed by atoms with Gasteiger partial charge in [-0.3, -0.25) is 0 Å². The molecule has 1 unspecified atom stereocenters. The second kappa shape index (κ2) is 6.85. The number of rotatable bonds is 7. The normalized spacial score (nSPS) is 13.7. The summed E-state index contributed by atoms with van der Waals surface area (Å²) in [5.74, 6) is 0. The first-order valence-corrected chi connectivity index (χ1v) is 9.01. The van der Waals surface area contributed by atoms with Crippen molar-refractivity contribution in [3.63, 3.8) is 0 Å². The SMILES string of the molecule is CCOCC(C)NS(=O)(=O)c1c(CO)sc2ccccc12. The molecule has 0 spiro atoms. The predicted octanol–water partition coefficient (Wildman–Crippen LogP) is 2.10. The van der Waals surface area contributed by atoms with Crippen LogP contribution in [0.3, 0.4) is 0 Å². The zero-order chi connectivity index (χ0) is 15.5. The summed E-state index contributed by atoms with van der Waals surface area (Å²) >= 11 is 1.30. The van der Waals surface area contributed by atoms with Gasteiger partial charge < -0.3 is 9.84 Å². The van der Waals surface area contributed by atoms with Crippen LogP contribution < -0.4 is 4.72 Å². The van der Waals surface area contributed by atoms with E-state index in [1.807, 2.05) is 19.1 Å². The molecule has 0 aliphatic carbocycles. The first-order chi connectivity index (χ1) is 9.99. The molecule has 2 aromatic rings. The van der Waals surface area contributed by atoms with Gasteiger partial charge in [0.25, 0.3) is 0 Å². The fourth-order valence-corrected chi connectivity index (χ4v) is 5.15. The fourth-order valence-electron chi connectivity index (χ4n) is 2.12. The van der Waals surface area contributed by atoms with Gasteiger partial charge in [-0.1, -0.05) is 18.2 Å². The molecule has 116 valence electrons. The lowest BCUT2D eigenvalue weighted by molar-refractivity contribution is 0.133. The van der Waals surface area contributed by atoms with Crippen LogP contribution in [0.15, 0.2) is 29.2 Å². The highest BCUT2D eigenvalue weighted by atomic mass is 32.2. The topological polar surface area (TPSA) is 75.6 Å². The zero-order valence-corrected chi connectivity index (χ0v) is 13.6. The van der Waals surface area contributed by atoms with Crippen LogP contribution in [0.25, 0.3) is 10.1 Å². The summed E-state index contributed by atoms with van der Waals surface area (Å²) in [6, 6.07) is 6.91. The van der Waals surface area contributed by atoms with E-state index in [0.29, 0.717) is 23.5 Å². The van der Waals surface area contributed by atoms with E-state index in [4.69, 9.17) is 4.74 Å². The molecule has 0 radical (unpaired) electrons. The maximum Gasteiger partial charge on any atom is 0.242 e. The Kier molecular flexibility index (Phi) is 5.34. The number of hydrogen-bond donors (Lipinski definition) is 2. The van der Waals surface area contributed by atoms with Crippen molar-refractivity contribution in [2.24, 2.45) is 0 Å². The van der Waals surface area contributed by atoms with Crippen LogP contribution in [-0.2, 0) is 21.4 Å². The molecule has 1 atom stereocenters. The highest BCUT2D eigenvalue weighted by molar-refractivity contribution is 7.90. The van der Waals surface area contributed by atoms with Crippen LogP contribution in [0.4, 0.5) is 0 Å². The Hall–Kier alpha value is -0.990. The van der Waals surface area contributed by atoms with Gasteiger partial charge >= 0.3 is 0 Å². The van der Waals surface area contributed by atoms with Gasteiger partial charge in [-0.15, -0.1) is 11.3 Å². The number of aliphatic hydroxyl groups excluding tert-OH is 1. The van der Waals surface area contributed by atoms with Crippen molar-refractivity contribution in [2.45, 2.75) is 31.4 Å². The van der Waals surface area contributed by atoms with Gasteiger partial charge in [0.2, 0.25) is 10.0 Å². The average molecular weight is 329 g/mol. The molecule has 2 rings (SSSR count). The number of sulfonamides is 1. The van der Waals surface area contributed by atoms with Crippen molar-refractivity contribution in [3.8, 4) is 0 Å². The van der Waals surface area contributed by atoms with Crippen LogP contribution >= 0.6 is 11.3 Å². The van der Waals surface area contributed by atoms with Gasteiger partial charge in [0.1, 0.15) is 4.90 Å². The molecule has 0 amide bonds. The molecular formula is C14H19NO4S2. The van der Waals surface area contributed by atoms with Crippen molar-refractivity contribution in [1.82, 2.24) is 4.72 Å². The molecule has 0 saturated heterocycles. The number of benzene rings is 1. The van der Waals surface area contributed by atoms with Crippen LogP contribution in [0.2, 0.25) is 0 Å². The summed E-state index contributed by atoms with van der Waals surface area (Å²) in [5, 5.41) is 10.1. The van der Waals surface area contributed by atoms with Gasteiger partial charge in [0.15, 0.2) is 0 Å². The smallest absolute Gasteiger partial charge is 0.242 e. The molecular weight excluding hydrogens is 310 g/mol. The third kappa shape index (κ3) is 3.61. The molecule has 7 heteroatoms. The predicted molar refractivity (Wildman–Crippen MR) is 84.0 cm³/mol. The Balaban J connectivity index is 2.39. The van der Waals surface area contributed by atoms with Crippen LogP contribution in [0.5, 0.6) is 0 Å². The zero-order valence-electron chi connectivity index (χ0n) is 12.0. The minimum atomic E-state index is -3.70. The highest BCUT2D eigenvalue weighted by Crippen LogP contribution is 2.34. The summed E-state index contributed by atoms with van der Waals surface area (Å²) in [6.45, 7) is 4.16. The lowest BCUT2D eigenvalue weighted by atomic mass is 10.2. The van der Waals surface area contributed by atoms with Crippen molar-refractivity contribution in [1.29, 1.82) is 0 Å². The first-order valence-electron chi connectivity index (χ1n) is 6.71. The van der Waals surface area contributed by atoms with E-state index in [1.54, 1.807) is 19.1 Å². The molecule has 1 aromatic heterocycles. The molecule has 0 fully saturated rings. The van der Waals surface area contributed by atoms with E-state index in [9.17, 15) is 13.5 Å². The highest BCUT2D eigenvalue weighted by Gasteiger charge is 2.25. The molecule has 0 saturated carbocycles. The second-order valence-electron chi connectivity index (χ2n) is 4.69. The molecule has 5 nitrogen and oxygen atoms in total. The number of thiophene rings is 1. The molecule has 1 heterocycles. The van der Waals surface area contributed by atoms with Crippen LogP contribution in [0.1, 0.15) is 18.7 Å². The molecule has 0 aliphatic rings. The lowest BCUT2D eigenvalue weighted by Crippen LogP contribution is -2.36. The Morgan fingerprint density at radius 2 is 2.10 bits per heavy atom. The van der Waals surface area contributed by atoms with E-state index in [1.165, 1.54) is 11.3 Å². The standard InChI is InChI=1S/C14H19NO4S2/c1-3-19-9-10(2)15-21(17,18)14-11-6-4-5-7-12(11)20-13(14)8-16/h4-7,10,15-16H,3,8-9H2,1-2H3. The van der Waals surface area contributed by atoms with E-state index < -0.39 is 10.0 Å². The Morgan fingerprint density at radius 1 is 1.38 bits per heavy atom. The number of nitrogens with one attached hydrogen (secondary N) is 1. The Morgan fingerprint density at radius 3 is 2.76 bits per heavy atom. The maximum atomic E-state index is 12.6. The fraction of sp³-hybridized carbons (Fsp3) is 0.429. The van der Waals surface area contributed by atoms with Crippen molar-refractivity contribution in [2.75, 3.05) is 13.2 Å². The van der Waals surface area contributed by atoms with Gasteiger partial charge in [-0.2, -0.15) is 0 Å². The monoisotopic (exact) mass is 329 g/mol. The summed E-state index contributed by atoms with van der Waals surface area (Å²) in [4.78, 5) is 0.626. The van der Waals surface area contributed by atoms with Gasteiger partial charge in [0.05, 0.1) is 18.1 Å². The largest absolute Gasteiger partial charge is 0.391 e. The number of ether oxygens (including phenoxy) is 1. The summed E-state index contributed by atoms with van der Waals surface area (Å²) in [7, 11) is -3.70. The lowest BCUT2D eigenvalue weighted by Gasteiger charge is -2.14. The number of hydrogen-bond acceptors (Lipinski definition) is 5. The van der Waals surface area contributed by atoms with Gasteiger partial charge in [0, 0.05) is 22.7 Å². The maximum absolute atomic E-state index is 12.6. The quantitative estimate of drug-likeness (QED) is 0.816.